The molecule has 0 spiro atoms. The molecule has 0 unspecified atom stereocenters. The van der Waals surface area contributed by atoms with Gasteiger partial charge in [0.1, 0.15) is 12.4 Å². The molecule has 4 aromatic rings. The highest BCUT2D eigenvalue weighted by Crippen LogP contribution is 2.31. The van der Waals surface area contributed by atoms with Crippen LogP contribution < -0.4 is 5.32 Å². The number of alkyl halides is 3. The number of carbonyl (C=O) groups is 2. The van der Waals surface area contributed by atoms with Crippen LogP contribution in [0.1, 0.15) is 22.8 Å². The third-order valence-electron chi connectivity index (χ3n) is 5.61. The van der Waals surface area contributed by atoms with Crippen LogP contribution in [0.3, 0.4) is 0 Å². The normalized spacial score (nSPS) is 11.3. The molecule has 37 heavy (non-hydrogen) atoms. The fraction of sp³-hybridized carbons (Fsp3) is 0.148. The van der Waals surface area contributed by atoms with E-state index in [1.165, 1.54) is 39.8 Å². The molecule has 1 N–H and O–H groups in total. The Labute approximate surface area is 210 Å². The fourth-order valence-electron chi connectivity index (χ4n) is 3.69. The summed E-state index contributed by atoms with van der Waals surface area (Å²) in [5, 5.41) is 2.63. The standard InChI is InChI=1S/C27H22F4N4O2/c1-2-34(25(37)21-10-6-7-11-22(21)28)17-24(36)33-26-32-23(18-8-4-3-5-9-18)16-35(26)20-14-12-19(13-15-20)27(29,30)31/h3-16H,2,17H2,1H3,(H,32,33,36). The topological polar surface area (TPSA) is 67.2 Å². The van der Waals surface area contributed by atoms with Gasteiger partial charge >= 0.3 is 6.18 Å². The van der Waals surface area contributed by atoms with Crippen LogP contribution >= 0.6 is 0 Å². The first-order valence-corrected chi connectivity index (χ1v) is 11.3. The molecular weight excluding hydrogens is 488 g/mol. The van der Waals surface area contributed by atoms with E-state index in [4.69, 9.17) is 0 Å². The van der Waals surface area contributed by atoms with Crippen molar-refractivity contribution in [2.24, 2.45) is 0 Å². The van der Waals surface area contributed by atoms with E-state index in [0.29, 0.717) is 11.4 Å². The molecule has 0 atom stereocenters. The summed E-state index contributed by atoms with van der Waals surface area (Å²) in [4.78, 5) is 31.3. The molecule has 0 radical (unpaired) electrons. The van der Waals surface area contributed by atoms with Gasteiger partial charge < -0.3 is 4.90 Å². The lowest BCUT2D eigenvalue weighted by atomic mass is 10.2. The predicted octanol–water partition coefficient (Wildman–Crippen LogP) is 5.80. The second-order valence-electron chi connectivity index (χ2n) is 8.08. The summed E-state index contributed by atoms with van der Waals surface area (Å²) in [5.41, 5.74) is 0.581. The number of benzene rings is 3. The van der Waals surface area contributed by atoms with E-state index in [-0.39, 0.29) is 24.6 Å². The highest BCUT2D eigenvalue weighted by atomic mass is 19.4. The van der Waals surface area contributed by atoms with Crippen LogP contribution in [0.4, 0.5) is 23.5 Å². The number of halogens is 4. The smallest absolute Gasteiger partial charge is 0.330 e. The molecule has 0 fully saturated rings. The largest absolute Gasteiger partial charge is 0.416 e. The number of amides is 2. The summed E-state index contributed by atoms with van der Waals surface area (Å²) in [6.07, 6.45) is -2.90. The minimum Gasteiger partial charge on any atom is -0.330 e. The minimum absolute atomic E-state index is 0.0537. The highest BCUT2D eigenvalue weighted by Gasteiger charge is 2.30. The number of aromatic nitrogens is 2. The maximum atomic E-state index is 14.1. The van der Waals surface area contributed by atoms with Gasteiger partial charge in [-0.05, 0) is 43.3 Å². The Bertz CT molecular complexity index is 1400. The van der Waals surface area contributed by atoms with Crippen molar-refractivity contribution in [2.75, 3.05) is 18.4 Å². The molecule has 10 heteroatoms. The van der Waals surface area contributed by atoms with Crippen molar-refractivity contribution < 1.29 is 27.2 Å². The zero-order valence-corrected chi connectivity index (χ0v) is 19.7. The monoisotopic (exact) mass is 510 g/mol. The number of imidazole rings is 1. The predicted molar refractivity (Wildman–Crippen MR) is 131 cm³/mol. The maximum absolute atomic E-state index is 14.1. The average molecular weight is 510 g/mol. The number of hydrogen-bond donors (Lipinski definition) is 1. The lowest BCUT2D eigenvalue weighted by Gasteiger charge is -2.20. The van der Waals surface area contributed by atoms with Crippen LogP contribution in [0.5, 0.6) is 0 Å². The molecule has 0 aliphatic rings. The number of carbonyl (C=O) groups excluding carboxylic acids is 2. The molecule has 0 aliphatic carbocycles. The molecular formula is C27H22F4N4O2. The quantitative estimate of drug-likeness (QED) is 0.320. The summed E-state index contributed by atoms with van der Waals surface area (Å²) < 4.78 is 54.7. The van der Waals surface area contributed by atoms with Crippen molar-refractivity contribution >= 4 is 17.8 Å². The second kappa shape index (κ2) is 10.7. The molecule has 0 saturated heterocycles. The third-order valence-corrected chi connectivity index (χ3v) is 5.61. The van der Waals surface area contributed by atoms with Gasteiger partial charge in [-0.2, -0.15) is 13.2 Å². The molecule has 3 aromatic carbocycles. The molecule has 2 amide bonds. The van der Waals surface area contributed by atoms with Crippen molar-refractivity contribution in [3.8, 4) is 16.9 Å². The molecule has 0 bridgehead atoms. The summed E-state index contributed by atoms with van der Waals surface area (Å²) in [6, 6.07) is 18.9. The van der Waals surface area contributed by atoms with E-state index in [9.17, 15) is 27.2 Å². The number of hydrogen-bond acceptors (Lipinski definition) is 3. The van der Waals surface area contributed by atoms with Crippen LogP contribution in [0, 0.1) is 5.82 Å². The van der Waals surface area contributed by atoms with Crippen molar-refractivity contribution in [1.82, 2.24) is 14.5 Å². The van der Waals surface area contributed by atoms with Crippen molar-refractivity contribution in [1.29, 1.82) is 0 Å². The zero-order chi connectivity index (χ0) is 26.6. The average Bonchev–Trinajstić information content (AvgIpc) is 3.31. The first-order valence-electron chi connectivity index (χ1n) is 11.3. The Balaban J connectivity index is 1.62. The van der Waals surface area contributed by atoms with E-state index in [1.807, 2.05) is 6.07 Å². The minimum atomic E-state index is -4.49. The summed E-state index contributed by atoms with van der Waals surface area (Å²) in [7, 11) is 0. The van der Waals surface area contributed by atoms with Crippen LogP contribution in [0.25, 0.3) is 16.9 Å². The van der Waals surface area contributed by atoms with Gasteiger partial charge in [-0.25, -0.2) is 9.37 Å². The third kappa shape index (κ3) is 5.85. The van der Waals surface area contributed by atoms with E-state index in [1.54, 1.807) is 37.4 Å². The number of nitrogens with zero attached hydrogens (tertiary/aromatic N) is 3. The SMILES string of the molecule is CCN(CC(=O)Nc1nc(-c2ccccc2)cn1-c1ccc(C(F)(F)F)cc1)C(=O)c1ccccc1F. The number of anilines is 1. The number of nitrogens with one attached hydrogen (secondary N) is 1. The van der Waals surface area contributed by atoms with Crippen molar-refractivity contribution in [2.45, 2.75) is 13.1 Å². The molecule has 190 valence electrons. The van der Waals surface area contributed by atoms with E-state index >= 15 is 0 Å². The summed E-state index contributed by atoms with van der Waals surface area (Å²) >= 11 is 0. The summed E-state index contributed by atoms with van der Waals surface area (Å²) in [5.74, 6) is -1.90. The maximum Gasteiger partial charge on any atom is 0.416 e. The van der Waals surface area contributed by atoms with Crippen LogP contribution in [0.2, 0.25) is 0 Å². The second-order valence-corrected chi connectivity index (χ2v) is 8.08. The lowest BCUT2D eigenvalue weighted by molar-refractivity contribution is -0.137. The van der Waals surface area contributed by atoms with Gasteiger partial charge in [0.2, 0.25) is 11.9 Å². The van der Waals surface area contributed by atoms with Gasteiger partial charge in [0, 0.05) is 24.0 Å². The van der Waals surface area contributed by atoms with Crippen LogP contribution in [-0.4, -0.2) is 39.4 Å². The fourth-order valence-corrected chi connectivity index (χ4v) is 3.69. The van der Waals surface area contributed by atoms with Gasteiger partial charge in [-0.1, -0.05) is 42.5 Å². The first-order chi connectivity index (χ1) is 17.7. The zero-order valence-electron chi connectivity index (χ0n) is 19.7. The molecule has 1 aromatic heterocycles. The van der Waals surface area contributed by atoms with Gasteiger partial charge in [-0.3, -0.25) is 19.5 Å². The van der Waals surface area contributed by atoms with Crippen LogP contribution in [0.15, 0.2) is 85.1 Å². The lowest BCUT2D eigenvalue weighted by Crippen LogP contribution is -2.38. The molecule has 0 aliphatic heterocycles. The summed E-state index contributed by atoms with van der Waals surface area (Å²) in [6.45, 7) is 1.41. The Kier molecular flexibility index (Phi) is 7.37. The Morgan fingerprint density at radius 1 is 0.946 bits per heavy atom. The van der Waals surface area contributed by atoms with Crippen molar-refractivity contribution in [3.63, 3.8) is 0 Å². The van der Waals surface area contributed by atoms with E-state index < -0.39 is 29.4 Å². The molecule has 4 rings (SSSR count). The van der Waals surface area contributed by atoms with Gasteiger partial charge in [0.15, 0.2) is 0 Å². The van der Waals surface area contributed by atoms with Gasteiger partial charge in [0.05, 0.1) is 16.8 Å². The highest BCUT2D eigenvalue weighted by molar-refractivity contribution is 5.99. The van der Waals surface area contributed by atoms with Crippen molar-refractivity contribution in [3.05, 3.63) is 102 Å². The number of likely N-dealkylation sites (N-methyl/N-ethyl adjacent to an activating group) is 1. The molecule has 6 nitrogen and oxygen atoms in total. The van der Waals surface area contributed by atoms with E-state index in [0.717, 1.165) is 23.8 Å². The Morgan fingerprint density at radius 3 is 2.22 bits per heavy atom. The van der Waals surface area contributed by atoms with Crippen LogP contribution in [-0.2, 0) is 11.0 Å². The van der Waals surface area contributed by atoms with Gasteiger partial charge in [-0.15, -0.1) is 0 Å². The van der Waals surface area contributed by atoms with Gasteiger partial charge in [0.25, 0.3) is 5.91 Å². The Morgan fingerprint density at radius 2 is 1.59 bits per heavy atom. The first kappa shape index (κ1) is 25.6. The number of rotatable bonds is 7. The Hall–Kier alpha value is -4.47. The molecule has 1 heterocycles. The molecule has 0 saturated carbocycles. The van der Waals surface area contributed by atoms with E-state index in [2.05, 4.69) is 10.3 Å².